The Morgan fingerprint density at radius 1 is 1.28 bits per heavy atom. The van der Waals surface area contributed by atoms with Gasteiger partial charge in [0.2, 0.25) is 0 Å². The van der Waals surface area contributed by atoms with Crippen LogP contribution in [0, 0.1) is 0 Å². The molecule has 1 aromatic carbocycles. The molecule has 2 aliphatic rings. The average molecular weight is 267 g/mol. The van der Waals surface area contributed by atoms with E-state index in [4.69, 9.17) is 5.73 Å². The molecule has 0 amide bonds. The van der Waals surface area contributed by atoms with Crippen molar-refractivity contribution in [2.75, 3.05) is 36.2 Å². The third-order valence-corrected chi connectivity index (χ3v) is 3.38. The van der Waals surface area contributed by atoms with Crippen molar-refractivity contribution in [3.05, 3.63) is 30.1 Å². The van der Waals surface area contributed by atoms with Crippen LogP contribution in [-0.4, -0.2) is 25.2 Å². The second kappa shape index (κ2) is 4.98. The van der Waals surface area contributed by atoms with Crippen LogP contribution in [0.3, 0.4) is 0 Å². The molecule has 0 saturated heterocycles. The van der Waals surface area contributed by atoms with E-state index in [1.165, 1.54) is 17.7 Å². The van der Waals surface area contributed by atoms with Gasteiger partial charge in [-0.2, -0.15) is 0 Å². The molecule has 0 aromatic heterocycles. The molecule has 0 atom stereocenters. The minimum Gasteiger partial charge on any atom is -0.397 e. The number of fused-ring (bicyclic) bond motifs is 1. The van der Waals surface area contributed by atoms with Gasteiger partial charge in [-0.1, -0.05) is 6.07 Å². The maximum atomic E-state index is 6.14. The van der Waals surface area contributed by atoms with E-state index in [2.05, 4.69) is 40.6 Å². The van der Waals surface area contributed by atoms with Gasteiger partial charge >= 0.3 is 0 Å². The third-order valence-electron chi connectivity index (χ3n) is 3.38. The van der Waals surface area contributed by atoms with Gasteiger partial charge in [0.25, 0.3) is 0 Å². The number of nitrogens with zero attached hydrogens (tertiary/aromatic N) is 2. The lowest BCUT2D eigenvalue weighted by Gasteiger charge is -2.28. The summed E-state index contributed by atoms with van der Waals surface area (Å²) in [6.07, 6.45) is 6.50. The molecule has 4 nitrogen and oxygen atoms in total. The first-order chi connectivity index (χ1) is 8.25. The van der Waals surface area contributed by atoms with Crippen molar-refractivity contribution in [1.82, 2.24) is 4.90 Å². The first-order valence-corrected chi connectivity index (χ1v) is 6.06. The second-order valence-electron chi connectivity index (χ2n) is 4.73. The van der Waals surface area contributed by atoms with Gasteiger partial charge < -0.3 is 20.9 Å². The zero-order chi connectivity index (χ0) is 11.8. The van der Waals surface area contributed by atoms with E-state index in [1.807, 2.05) is 6.07 Å². The largest absolute Gasteiger partial charge is 0.397 e. The van der Waals surface area contributed by atoms with Crippen molar-refractivity contribution < 1.29 is 0 Å². The fraction of sp³-hybridized carbons (Fsp3) is 0.385. The fourth-order valence-electron chi connectivity index (χ4n) is 2.53. The molecular formula is C13H19ClN4. The summed E-state index contributed by atoms with van der Waals surface area (Å²) in [5, 5.41) is 3.49. The van der Waals surface area contributed by atoms with Crippen LogP contribution in [-0.2, 0) is 6.42 Å². The van der Waals surface area contributed by atoms with Crippen molar-refractivity contribution in [1.29, 1.82) is 0 Å². The van der Waals surface area contributed by atoms with E-state index >= 15 is 0 Å². The molecule has 1 aromatic rings. The van der Waals surface area contributed by atoms with Crippen molar-refractivity contribution in [2.24, 2.45) is 0 Å². The lowest BCUT2D eigenvalue weighted by Crippen LogP contribution is -2.25. The summed E-state index contributed by atoms with van der Waals surface area (Å²) in [5.74, 6) is 0. The van der Waals surface area contributed by atoms with Crippen LogP contribution in [0.15, 0.2) is 24.5 Å². The molecule has 0 unspecified atom stereocenters. The highest BCUT2D eigenvalue weighted by Gasteiger charge is 2.21. The molecule has 0 bridgehead atoms. The zero-order valence-corrected chi connectivity index (χ0v) is 11.3. The SMILES string of the molecule is CN1C=CN(c2c(N)ccc3c2NCCC3)C1.Cl. The lowest BCUT2D eigenvalue weighted by atomic mass is 10.0. The summed E-state index contributed by atoms with van der Waals surface area (Å²) < 4.78 is 0. The molecule has 18 heavy (non-hydrogen) atoms. The van der Waals surface area contributed by atoms with Crippen LogP contribution in [0.25, 0.3) is 0 Å². The van der Waals surface area contributed by atoms with E-state index in [0.717, 1.165) is 31.0 Å². The van der Waals surface area contributed by atoms with Crippen LogP contribution in [0.1, 0.15) is 12.0 Å². The number of aryl methyl sites for hydroxylation is 1. The van der Waals surface area contributed by atoms with Gasteiger partial charge in [-0.05, 0) is 24.5 Å². The fourth-order valence-corrected chi connectivity index (χ4v) is 2.53. The highest BCUT2D eigenvalue weighted by atomic mass is 35.5. The number of nitrogens with two attached hydrogens (primary N) is 1. The molecule has 2 aliphatic heterocycles. The van der Waals surface area contributed by atoms with E-state index in [9.17, 15) is 0 Å². The van der Waals surface area contributed by atoms with Gasteiger partial charge in [0.15, 0.2) is 0 Å². The smallest absolute Gasteiger partial charge is 0.0940 e. The summed E-state index contributed by atoms with van der Waals surface area (Å²) in [5.41, 5.74) is 10.7. The molecule has 0 radical (unpaired) electrons. The molecule has 0 saturated carbocycles. The molecule has 0 fully saturated rings. The molecule has 3 rings (SSSR count). The number of halogens is 1. The molecule has 0 aliphatic carbocycles. The lowest BCUT2D eigenvalue weighted by molar-refractivity contribution is 0.496. The number of hydrogen-bond donors (Lipinski definition) is 2. The maximum absolute atomic E-state index is 6.14. The quantitative estimate of drug-likeness (QED) is 0.765. The van der Waals surface area contributed by atoms with Gasteiger partial charge in [-0.15, -0.1) is 12.4 Å². The number of benzene rings is 1. The summed E-state index contributed by atoms with van der Waals surface area (Å²) in [6, 6.07) is 4.16. The van der Waals surface area contributed by atoms with Crippen LogP contribution >= 0.6 is 12.4 Å². The van der Waals surface area contributed by atoms with E-state index in [-0.39, 0.29) is 12.4 Å². The predicted octanol–water partition coefficient (Wildman–Crippen LogP) is 2.23. The van der Waals surface area contributed by atoms with E-state index in [1.54, 1.807) is 0 Å². The van der Waals surface area contributed by atoms with E-state index < -0.39 is 0 Å². The third kappa shape index (κ3) is 2.08. The number of rotatable bonds is 1. The number of anilines is 3. The minimum absolute atomic E-state index is 0. The van der Waals surface area contributed by atoms with Crippen LogP contribution < -0.4 is 16.0 Å². The number of nitrogens with one attached hydrogen (secondary N) is 1. The van der Waals surface area contributed by atoms with Crippen molar-refractivity contribution in [3.63, 3.8) is 0 Å². The van der Waals surface area contributed by atoms with E-state index in [0.29, 0.717) is 0 Å². The zero-order valence-electron chi connectivity index (χ0n) is 10.5. The summed E-state index contributed by atoms with van der Waals surface area (Å²) in [6.45, 7) is 1.90. The molecule has 2 heterocycles. The second-order valence-corrected chi connectivity index (χ2v) is 4.73. The van der Waals surface area contributed by atoms with Gasteiger partial charge in [0, 0.05) is 26.0 Å². The Bertz CT molecular complexity index is 472. The predicted molar refractivity (Wildman–Crippen MR) is 79.2 cm³/mol. The van der Waals surface area contributed by atoms with Gasteiger partial charge in [0.05, 0.1) is 23.7 Å². The topological polar surface area (TPSA) is 44.5 Å². The first kappa shape index (κ1) is 12.9. The molecule has 3 N–H and O–H groups in total. The van der Waals surface area contributed by atoms with Crippen LogP contribution in [0.2, 0.25) is 0 Å². The Morgan fingerprint density at radius 2 is 2.11 bits per heavy atom. The Balaban J connectivity index is 0.00000120. The summed E-state index contributed by atoms with van der Waals surface area (Å²) in [4.78, 5) is 4.34. The van der Waals surface area contributed by atoms with Crippen LogP contribution in [0.4, 0.5) is 17.1 Å². The summed E-state index contributed by atoms with van der Waals surface area (Å²) >= 11 is 0. The van der Waals surface area contributed by atoms with Gasteiger partial charge in [-0.3, -0.25) is 0 Å². The Kier molecular flexibility index (Phi) is 3.57. The summed E-state index contributed by atoms with van der Waals surface area (Å²) in [7, 11) is 2.06. The Hall–Kier alpha value is -1.55. The average Bonchev–Trinajstić information content (AvgIpc) is 2.75. The molecule has 0 spiro atoms. The standard InChI is InChI=1S/C13H18N4.ClH/c1-16-7-8-17(9-16)13-11(14)5-4-10-3-2-6-15-12(10)13;/h4-5,7-8,15H,2-3,6,9,14H2,1H3;1H. The van der Waals surface area contributed by atoms with Gasteiger partial charge in [0.1, 0.15) is 0 Å². The monoisotopic (exact) mass is 266 g/mol. The number of nitrogen functional groups attached to an aromatic ring is 1. The molecule has 98 valence electrons. The Morgan fingerprint density at radius 3 is 2.83 bits per heavy atom. The van der Waals surface area contributed by atoms with Crippen molar-refractivity contribution in [2.45, 2.75) is 12.8 Å². The van der Waals surface area contributed by atoms with Crippen molar-refractivity contribution >= 4 is 29.5 Å². The van der Waals surface area contributed by atoms with Gasteiger partial charge in [-0.25, -0.2) is 0 Å². The first-order valence-electron chi connectivity index (χ1n) is 6.06. The highest BCUT2D eigenvalue weighted by molar-refractivity contribution is 5.86. The Labute approximate surface area is 114 Å². The highest BCUT2D eigenvalue weighted by Crippen LogP contribution is 2.38. The minimum atomic E-state index is 0. The van der Waals surface area contributed by atoms with Crippen LogP contribution in [0.5, 0.6) is 0 Å². The van der Waals surface area contributed by atoms with Crippen molar-refractivity contribution in [3.8, 4) is 0 Å². The maximum Gasteiger partial charge on any atom is 0.0940 e. The molecule has 5 heteroatoms. The number of hydrogen-bond acceptors (Lipinski definition) is 4. The normalized spacial score (nSPS) is 17.2. The molecular weight excluding hydrogens is 248 g/mol.